The smallest absolute Gasteiger partial charge is 0.220 e. The first-order chi connectivity index (χ1) is 9.11. The van der Waals surface area contributed by atoms with E-state index in [1.54, 1.807) is 0 Å². The van der Waals surface area contributed by atoms with Gasteiger partial charge >= 0.3 is 0 Å². The minimum atomic E-state index is 0.179. The van der Waals surface area contributed by atoms with Crippen LogP contribution in [0.2, 0.25) is 0 Å². The van der Waals surface area contributed by atoms with Crippen molar-refractivity contribution in [1.29, 1.82) is 0 Å². The van der Waals surface area contributed by atoms with Gasteiger partial charge in [-0.3, -0.25) is 9.69 Å². The van der Waals surface area contributed by atoms with Gasteiger partial charge in [-0.25, -0.2) is 0 Å². The SMILES string of the molecule is CC(CCN)CCC(=O)NCCN1CCN(C)CC1. The van der Waals surface area contributed by atoms with Crippen LogP contribution in [0.4, 0.5) is 0 Å². The topological polar surface area (TPSA) is 61.6 Å². The van der Waals surface area contributed by atoms with Crippen molar-refractivity contribution in [2.24, 2.45) is 11.7 Å². The van der Waals surface area contributed by atoms with E-state index in [1.165, 1.54) is 0 Å². The Morgan fingerprint density at radius 3 is 2.58 bits per heavy atom. The number of nitrogens with two attached hydrogens (primary N) is 1. The van der Waals surface area contributed by atoms with Crippen LogP contribution in [0.5, 0.6) is 0 Å². The van der Waals surface area contributed by atoms with Gasteiger partial charge < -0.3 is 16.0 Å². The highest BCUT2D eigenvalue weighted by Crippen LogP contribution is 2.08. The second-order valence-corrected chi connectivity index (χ2v) is 5.72. The lowest BCUT2D eigenvalue weighted by Crippen LogP contribution is -2.46. The second-order valence-electron chi connectivity index (χ2n) is 5.72. The maximum Gasteiger partial charge on any atom is 0.220 e. The first-order valence-corrected chi connectivity index (χ1v) is 7.49. The molecule has 0 aromatic heterocycles. The quantitative estimate of drug-likeness (QED) is 0.657. The zero-order valence-corrected chi connectivity index (χ0v) is 12.5. The fourth-order valence-electron chi connectivity index (χ4n) is 2.32. The molecule has 0 bridgehead atoms. The van der Waals surface area contributed by atoms with Crippen molar-refractivity contribution in [3.63, 3.8) is 0 Å². The molecule has 1 heterocycles. The number of nitrogens with zero attached hydrogens (tertiary/aromatic N) is 2. The standard InChI is InChI=1S/C14H30N4O/c1-13(5-6-15)3-4-14(19)16-7-8-18-11-9-17(2)10-12-18/h13H,3-12,15H2,1-2H3,(H,16,19). The van der Waals surface area contributed by atoms with E-state index < -0.39 is 0 Å². The van der Waals surface area contributed by atoms with Crippen molar-refractivity contribution >= 4 is 5.91 Å². The van der Waals surface area contributed by atoms with Gasteiger partial charge in [-0.1, -0.05) is 6.92 Å². The Bertz CT molecular complexity index is 252. The summed E-state index contributed by atoms with van der Waals surface area (Å²) in [6, 6.07) is 0. The molecule has 19 heavy (non-hydrogen) atoms. The molecule has 1 saturated heterocycles. The van der Waals surface area contributed by atoms with Gasteiger partial charge in [0.15, 0.2) is 0 Å². The lowest BCUT2D eigenvalue weighted by Gasteiger charge is -2.32. The van der Waals surface area contributed by atoms with Crippen LogP contribution in [-0.2, 0) is 4.79 Å². The molecule has 3 N–H and O–H groups in total. The predicted octanol–water partition coefficient (Wildman–Crippen LogP) is 0.115. The van der Waals surface area contributed by atoms with E-state index in [4.69, 9.17) is 5.73 Å². The minimum absolute atomic E-state index is 0.179. The number of hydrogen-bond donors (Lipinski definition) is 2. The largest absolute Gasteiger partial charge is 0.355 e. The van der Waals surface area contributed by atoms with E-state index in [2.05, 4.69) is 29.1 Å². The third kappa shape index (κ3) is 7.50. The van der Waals surface area contributed by atoms with Crippen molar-refractivity contribution in [2.75, 3.05) is 52.9 Å². The molecule has 0 aromatic carbocycles. The van der Waals surface area contributed by atoms with E-state index in [0.717, 1.165) is 52.1 Å². The predicted molar refractivity (Wildman–Crippen MR) is 79.0 cm³/mol. The van der Waals surface area contributed by atoms with Crippen LogP contribution in [0, 0.1) is 5.92 Å². The lowest BCUT2D eigenvalue weighted by molar-refractivity contribution is -0.121. The first kappa shape index (κ1) is 16.4. The Labute approximate surface area is 117 Å². The van der Waals surface area contributed by atoms with Gasteiger partial charge in [0, 0.05) is 45.7 Å². The Morgan fingerprint density at radius 1 is 1.26 bits per heavy atom. The number of rotatable bonds is 8. The maximum atomic E-state index is 11.7. The number of nitrogens with one attached hydrogen (secondary N) is 1. The molecule has 0 aliphatic carbocycles. The molecule has 0 aromatic rings. The average Bonchev–Trinajstić information content (AvgIpc) is 2.39. The van der Waals surface area contributed by atoms with Crippen LogP contribution in [0.3, 0.4) is 0 Å². The molecule has 112 valence electrons. The van der Waals surface area contributed by atoms with Crippen molar-refractivity contribution in [3.8, 4) is 0 Å². The Balaban J connectivity index is 2.01. The third-order valence-electron chi connectivity index (χ3n) is 3.87. The summed E-state index contributed by atoms with van der Waals surface area (Å²) in [6.07, 6.45) is 2.58. The molecule has 1 fully saturated rings. The Kier molecular flexibility index (Phi) is 8.02. The molecule has 5 nitrogen and oxygen atoms in total. The van der Waals surface area contributed by atoms with Gasteiger partial charge in [0.2, 0.25) is 5.91 Å². The van der Waals surface area contributed by atoms with Crippen LogP contribution in [0.1, 0.15) is 26.2 Å². The van der Waals surface area contributed by atoms with Crippen molar-refractivity contribution in [2.45, 2.75) is 26.2 Å². The molecule has 1 amide bonds. The summed E-state index contributed by atoms with van der Waals surface area (Å²) in [6.45, 7) is 9.09. The number of carbonyl (C=O) groups excluding carboxylic acids is 1. The molecule has 0 radical (unpaired) electrons. The number of hydrogen-bond acceptors (Lipinski definition) is 4. The van der Waals surface area contributed by atoms with E-state index in [9.17, 15) is 4.79 Å². The Hall–Kier alpha value is -0.650. The van der Waals surface area contributed by atoms with Gasteiger partial charge in [0.1, 0.15) is 0 Å². The molecule has 1 aliphatic rings. The summed E-state index contributed by atoms with van der Waals surface area (Å²) in [5.41, 5.74) is 5.50. The average molecular weight is 270 g/mol. The number of carbonyl (C=O) groups is 1. The van der Waals surface area contributed by atoms with Gasteiger partial charge in [0.25, 0.3) is 0 Å². The van der Waals surface area contributed by atoms with Crippen molar-refractivity contribution < 1.29 is 4.79 Å². The van der Waals surface area contributed by atoms with Gasteiger partial charge in [-0.2, -0.15) is 0 Å². The summed E-state index contributed by atoms with van der Waals surface area (Å²) in [5, 5.41) is 3.01. The molecule has 1 unspecified atom stereocenters. The van der Waals surface area contributed by atoms with Crippen LogP contribution < -0.4 is 11.1 Å². The number of piperazine rings is 1. The molecular weight excluding hydrogens is 240 g/mol. The fraction of sp³-hybridized carbons (Fsp3) is 0.929. The summed E-state index contributed by atoms with van der Waals surface area (Å²) in [5.74, 6) is 0.728. The highest BCUT2D eigenvalue weighted by Gasteiger charge is 2.13. The Morgan fingerprint density at radius 2 is 1.95 bits per heavy atom. The fourth-order valence-corrected chi connectivity index (χ4v) is 2.32. The zero-order valence-electron chi connectivity index (χ0n) is 12.5. The molecule has 0 spiro atoms. The zero-order chi connectivity index (χ0) is 14.1. The highest BCUT2D eigenvalue weighted by atomic mass is 16.1. The van der Waals surface area contributed by atoms with E-state index in [0.29, 0.717) is 18.9 Å². The normalized spacial score (nSPS) is 19.3. The van der Waals surface area contributed by atoms with Crippen molar-refractivity contribution in [1.82, 2.24) is 15.1 Å². The summed E-state index contributed by atoms with van der Waals surface area (Å²) < 4.78 is 0. The number of likely N-dealkylation sites (N-methyl/N-ethyl adjacent to an activating group) is 1. The molecule has 5 heteroatoms. The van der Waals surface area contributed by atoms with Crippen LogP contribution in [-0.4, -0.2) is 68.6 Å². The van der Waals surface area contributed by atoms with E-state index in [1.807, 2.05) is 0 Å². The maximum absolute atomic E-state index is 11.7. The highest BCUT2D eigenvalue weighted by molar-refractivity contribution is 5.75. The van der Waals surface area contributed by atoms with Crippen LogP contribution >= 0.6 is 0 Å². The van der Waals surface area contributed by atoms with Crippen molar-refractivity contribution in [3.05, 3.63) is 0 Å². The van der Waals surface area contributed by atoms with Gasteiger partial charge in [-0.15, -0.1) is 0 Å². The monoisotopic (exact) mass is 270 g/mol. The second kappa shape index (κ2) is 9.28. The van der Waals surface area contributed by atoms with Gasteiger partial charge in [0.05, 0.1) is 0 Å². The third-order valence-corrected chi connectivity index (χ3v) is 3.87. The van der Waals surface area contributed by atoms with Gasteiger partial charge in [-0.05, 0) is 32.4 Å². The molecule has 1 rings (SSSR count). The molecule has 1 aliphatic heterocycles. The summed E-state index contributed by atoms with van der Waals surface area (Å²) in [4.78, 5) is 16.4. The van der Waals surface area contributed by atoms with Crippen LogP contribution in [0.15, 0.2) is 0 Å². The molecule has 1 atom stereocenters. The first-order valence-electron chi connectivity index (χ1n) is 7.49. The number of amides is 1. The lowest BCUT2D eigenvalue weighted by atomic mass is 10.0. The van der Waals surface area contributed by atoms with E-state index in [-0.39, 0.29) is 5.91 Å². The van der Waals surface area contributed by atoms with Crippen LogP contribution in [0.25, 0.3) is 0 Å². The van der Waals surface area contributed by atoms with E-state index >= 15 is 0 Å². The summed E-state index contributed by atoms with van der Waals surface area (Å²) >= 11 is 0. The molecular formula is C14H30N4O. The molecule has 0 saturated carbocycles. The summed E-state index contributed by atoms with van der Waals surface area (Å²) in [7, 11) is 2.15. The minimum Gasteiger partial charge on any atom is -0.355 e.